The van der Waals surface area contributed by atoms with Gasteiger partial charge >= 0.3 is 0 Å². The molecular formula is C32H20N2. The zero-order valence-corrected chi connectivity index (χ0v) is 18.4. The van der Waals surface area contributed by atoms with E-state index in [1.54, 1.807) is 0 Å². The molecule has 0 bridgehead atoms. The first-order valence-electron chi connectivity index (χ1n) is 11.5. The van der Waals surface area contributed by atoms with E-state index in [0.717, 1.165) is 33.4 Å². The van der Waals surface area contributed by atoms with Crippen molar-refractivity contribution in [1.82, 2.24) is 9.97 Å². The predicted molar refractivity (Wildman–Crippen MR) is 143 cm³/mol. The summed E-state index contributed by atoms with van der Waals surface area (Å²) in [6.45, 7) is 0. The van der Waals surface area contributed by atoms with Gasteiger partial charge in [-0.05, 0) is 51.2 Å². The molecule has 0 aliphatic carbocycles. The van der Waals surface area contributed by atoms with Gasteiger partial charge in [0.1, 0.15) is 0 Å². The van der Waals surface area contributed by atoms with Crippen LogP contribution in [0.15, 0.2) is 121 Å². The second kappa shape index (κ2) is 7.50. The summed E-state index contributed by atoms with van der Waals surface area (Å²) in [6.07, 6.45) is 2.03. The summed E-state index contributed by atoms with van der Waals surface area (Å²) in [4.78, 5) is 9.78. The molecule has 2 heterocycles. The van der Waals surface area contributed by atoms with Crippen molar-refractivity contribution in [3.8, 4) is 22.5 Å². The first-order chi connectivity index (χ1) is 16.8. The number of hydrogen-bond donors (Lipinski definition) is 0. The van der Waals surface area contributed by atoms with Gasteiger partial charge in [-0.25, -0.2) is 4.98 Å². The monoisotopic (exact) mass is 432 g/mol. The lowest BCUT2D eigenvalue weighted by Crippen LogP contribution is -1.89. The van der Waals surface area contributed by atoms with Crippen molar-refractivity contribution in [3.05, 3.63) is 121 Å². The van der Waals surface area contributed by atoms with Crippen LogP contribution in [0.1, 0.15) is 0 Å². The second-order valence-corrected chi connectivity index (χ2v) is 8.68. The highest BCUT2D eigenvalue weighted by molar-refractivity contribution is 6.25. The summed E-state index contributed by atoms with van der Waals surface area (Å²) in [5.74, 6) is 0. The lowest BCUT2D eigenvalue weighted by atomic mass is 9.94. The maximum absolute atomic E-state index is 4.90. The molecule has 2 nitrogen and oxygen atoms in total. The number of aromatic nitrogens is 2. The average Bonchev–Trinajstić information content (AvgIpc) is 2.93. The lowest BCUT2D eigenvalue weighted by Gasteiger charge is -2.12. The largest absolute Gasteiger partial charge is 0.256 e. The number of benzene rings is 5. The fourth-order valence-electron chi connectivity index (χ4n) is 5.02. The Morgan fingerprint density at radius 1 is 0.412 bits per heavy atom. The predicted octanol–water partition coefficient (Wildman–Crippen LogP) is 8.42. The Kier molecular flexibility index (Phi) is 4.18. The zero-order chi connectivity index (χ0) is 22.5. The van der Waals surface area contributed by atoms with E-state index in [4.69, 9.17) is 9.97 Å². The van der Waals surface area contributed by atoms with Gasteiger partial charge < -0.3 is 0 Å². The van der Waals surface area contributed by atoms with E-state index in [0.29, 0.717) is 0 Å². The van der Waals surface area contributed by atoms with Crippen molar-refractivity contribution in [2.24, 2.45) is 0 Å². The van der Waals surface area contributed by atoms with Gasteiger partial charge in [0, 0.05) is 28.1 Å². The summed E-state index contributed by atoms with van der Waals surface area (Å²) in [5.41, 5.74) is 5.13. The molecule has 0 fully saturated rings. The Bertz CT molecular complexity index is 1830. The Labute approximate surface area is 197 Å². The minimum atomic E-state index is 0.968. The van der Waals surface area contributed by atoms with Crippen molar-refractivity contribution in [2.75, 3.05) is 0 Å². The molecule has 158 valence electrons. The molecule has 0 saturated carbocycles. The highest BCUT2D eigenvalue weighted by Gasteiger charge is 2.11. The standard InChI is InChI=1S/C32H20N2/c1-6-15-30-21(8-1)16-17-31(34-30)22-9-7-10-23(18-22)32-19-28-26-13-4-2-11-24(26)25-12-3-5-14-27(25)29(28)20-33-32/h1-20H. The van der Waals surface area contributed by atoms with E-state index in [-0.39, 0.29) is 0 Å². The zero-order valence-electron chi connectivity index (χ0n) is 18.4. The van der Waals surface area contributed by atoms with E-state index in [2.05, 4.69) is 103 Å². The number of para-hydroxylation sites is 1. The van der Waals surface area contributed by atoms with Crippen LogP contribution in [0.3, 0.4) is 0 Å². The maximum Gasteiger partial charge on any atom is 0.0709 e. The van der Waals surface area contributed by atoms with Crippen molar-refractivity contribution in [3.63, 3.8) is 0 Å². The number of hydrogen-bond acceptors (Lipinski definition) is 2. The van der Waals surface area contributed by atoms with Gasteiger partial charge in [0.25, 0.3) is 0 Å². The third-order valence-electron chi connectivity index (χ3n) is 6.68. The number of rotatable bonds is 2. The number of fused-ring (bicyclic) bond motifs is 7. The molecular weight excluding hydrogens is 412 g/mol. The van der Waals surface area contributed by atoms with Gasteiger partial charge in [-0.1, -0.05) is 91.0 Å². The third-order valence-corrected chi connectivity index (χ3v) is 6.68. The van der Waals surface area contributed by atoms with Gasteiger partial charge in [-0.2, -0.15) is 0 Å². The summed E-state index contributed by atoms with van der Waals surface area (Å²) < 4.78 is 0. The highest BCUT2D eigenvalue weighted by atomic mass is 14.7. The van der Waals surface area contributed by atoms with Gasteiger partial charge in [0.05, 0.1) is 16.9 Å². The van der Waals surface area contributed by atoms with Crippen LogP contribution in [-0.4, -0.2) is 9.97 Å². The average molecular weight is 433 g/mol. The SMILES string of the molecule is c1cc(-c2cc3c4ccccc4c4ccccc4c3cn2)cc(-c2ccc3ccccc3n2)c1. The third kappa shape index (κ3) is 2.96. The summed E-state index contributed by atoms with van der Waals surface area (Å²) >= 11 is 0. The molecule has 0 aliphatic heterocycles. The second-order valence-electron chi connectivity index (χ2n) is 8.68. The van der Waals surface area contributed by atoms with Crippen LogP contribution in [0.25, 0.3) is 65.7 Å². The van der Waals surface area contributed by atoms with E-state index >= 15 is 0 Å². The minimum absolute atomic E-state index is 0.968. The van der Waals surface area contributed by atoms with Gasteiger partial charge in [-0.3, -0.25) is 4.98 Å². The Hall–Kier alpha value is -4.56. The van der Waals surface area contributed by atoms with Crippen LogP contribution >= 0.6 is 0 Å². The summed E-state index contributed by atoms with van der Waals surface area (Å²) in [6, 6.07) is 40.5. The van der Waals surface area contributed by atoms with Crippen LogP contribution in [0.4, 0.5) is 0 Å². The molecule has 0 atom stereocenters. The van der Waals surface area contributed by atoms with E-state index in [1.165, 1.54) is 32.3 Å². The van der Waals surface area contributed by atoms with Crippen LogP contribution in [0, 0.1) is 0 Å². The van der Waals surface area contributed by atoms with Crippen LogP contribution in [0.5, 0.6) is 0 Å². The van der Waals surface area contributed by atoms with Crippen LogP contribution in [0.2, 0.25) is 0 Å². The number of pyridine rings is 2. The maximum atomic E-state index is 4.90. The normalized spacial score (nSPS) is 11.5. The van der Waals surface area contributed by atoms with Crippen molar-refractivity contribution in [1.29, 1.82) is 0 Å². The van der Waals surface area contributed by atoms with Crippen molar-refractivity contribution < 1.29 is 0 Å². The molecule has 0 radical (unpaired) electrons. The smallest absolute Gasteiger partial charge is 0.0709 e. The van der Waals surface area contributed by atoms with Gasteiger partial charge in [0.2, 0.25) is 0 Å². The van der Waals surface area contributed by atoms with Crippen LogP contribution < -0.4 is 0 Å². The molecule has 0 unspecified atom stereocenters. The van der Waals surface area contributed by atoms with E-state index in [1.807, 2.05) is 18.3 Å². The molecule has 2 heteroatoms. The Morgan fingerprint density at radius 2 is 1.03 bits per heavy atom. The molecule has 0 N–H and O–H groups in total. The van der Waals surface area contributed by atoms with Gasteiger partial charge in [-0.15, -0.1) is 0 Å². The fraction of sp³-hybridized carbons (Fsp3) is 0. The Balaban J connectivity index is 1.42. The molecule has 2 aromatic heterocycles. The first kappa shape index (κ1) is 19.0. The molecule has 0 aliphatic rings. The van der Waals surface area contributed by atoms with E-state index < -0.39 is 0 Å². The number of nitrogens with zero attached hydrogens (tertiary/aromatic N) is 2. The highest BCUT2D eigenvalue weighted by Crippen LogP contribution is 2.36. The molecule has 7 aromatic rings. The van der Waals surface area contributed by atoms with Crippen molar-refractivity contribution in [2.45, 2.75) is 0 Å². The molecule has 34 heavy (non-hydrogen) atoms. The minimum Gasteiger partial charge on any atom is -0.256 e. The quantitative estimate of drug-likeness (QED) is 0.256. The lowest BCUT2D eigenvalue weighted by molar-refractivity contribution is 1.35. The molecule has 5 aromatic carbocycles. The first-order valence-corrected chi connectivity index (χ1v) is 11.5. The molecule has 0 amide bonds. The molecule has 0 spiro atoms. The molecule has 0 saturated heterocycles. The fourth-order valence-corrected chi connectivity index (χ4v) is 5.02. The Morgan fingerprint density at radius 3 is 1.79 bits per heavy atom. The van der Waals surface area contributed by atoms with Gasteiger partial charge in [0.15, 0.2) is 0 Å². The summed E-state index contributed by atoms with van der Waals surface area (Å²) in [5, 5.41) is 8.61. The van der Waals surface area contributed by atoms with Crippen molar-refractivity contribution >= 4 is 43.2 Å². The van der Waals surface area contributed by atoms with Crippen LogP contribution in [-0.2, 0) is 0 Å². The topological polar surface area (TPSA) is 25.8 Å². The summed E-state index contributed by atoms with van der Waals surface area (Å²) in [7, 11) is 0. The van der Waals surface area contributed by atoms with E-state index in [9.17, 15) is 0 Å². The molecule has 7 rings (SSSR count).